The number of hydrogen-bond acceptors (Lipinski definition) is 5. The Morgan fingerprint density at radius 2 is 2.21 bits per heavy atom. The van der Waals surface area contributed by atoms with E-state index in [4.69, 9.17) is 11.5 Å². The molecule has 2 heterocycles. The van der Waals surface area contributed by atoms with E-state index in [1.807, 2.05) is 12.1 Å². The SMILES string of the molecule is CN1CCCN(C)C(C(N)Cc2ccnc(N)c2)C1. The number of aromatic nitrogens is 1. The summed E-state index contributed by atoms with van der Waals surface area (Å²) in [5, 5.41) is 0. The second-order valence-corrected chi connectivity index (χ2v) is 5.62. The zero-order valence-corrected chi connectivity index (χ0v) is 11.9. The van der Waals surface area contributed by atoms with Crippen molar-refractivity contribution in [3.63, 3.8) is 0 Å². The van der Waals surface area contributed by atoms with Crippen molar-refractivity contribution in [1.82, 2.24) is 14.8 Å². The van der Waals surface area contributed by atoms with Crippen molar-refractivity contribution in [1.29, 1.82) is 0 Å². The van der Waals surface area contributed by atoms with Crippen LogP contribution in [0.1, 0.15) is 12.0 Å². The van der Waals surface area contributed by atoms with Crippen LogP contribution < -0.4 is 11.5 Å². The standard InChI is InChI=1S/C14H25N5/c1-18-6-3-7-19(2)13(10-18)12(15)8-11-4-5-17-14(16)9-11/h4-5,9,12-13H,3,6-8,10,15H2,1-2H3,(H2,16,17). The molecule has 19 heavy (non-hydrogen) atoms. The van der Waals surface area contributed by atoms with Crippen LogP contribution in [0.5, 0.6) is 0 Å². The Balaban J connectivity index is 2.03. The first-order chi connectivity index (χ1) is 9.06. The average Bonchev–Trinajstić information content (AvgIpc) is 2.51. The van der Waals surface area contributed by atoms with Crippen molar-refractivity contribution in [2.45, 2.75) is 24.9 Å². The monoisotopic (exact) mass is 263 g/mol. The number of nitrogens with zero attached hydrogens (tertiary/aromatic N) is 3. The molecular weight excluding hydrogens is 238 g/mol. The van der Waals surface area contributed by atoms with Gasteiger partial charge in [0.25, 0.3) is 0 Å². The summed E-state index contributed by atoms with van der Waals surface area (Å²) in [5.74, 6) is 0.566. The van der Waals surface area contributed by atoms with Crippen molar-refractivity contribution < 1.29 is 0 Å². The molecule has 2 rings (SSSR count). The highest BCUT2D eigenvalue weighted by Gasteiger charge is 2.26. The Kier molecular flexibility index (Phi) is 4.74. The molecule has 106 valence electrons. The topological polar surface area (TPSA) is 71.4 Å². The van der Waals surface area contributed by atoms with Crippen LogP contribution >= 0.6 is 0 Å². The summed E-state index contributed by atoms with van der Waals surface area (Å²) < 4.78 is 0. The second-order valence-electron chi connectivity index (χ2n) is 5.62. The third-order valence-electron chi connectivity index (χ3n) is 3.93. The Bertz CT molecular complexity index is 409. The van der Waals surface area contributed by atoms with Crippen LogP contribution in [0.2, 0.25) is 0 Å². The molecule has 4 N–H and O–H groups in total. The summed E-state index contributed by atoms with van der Waals surface area (Å²) in [6.07, 6.45) is 3.80. The Morgan fingerprint density at radius 3 is 2.95 bits per heavy atom. The summed E-state index contributed by atoms with van der Waals surface area (Å²) in [5.41, 5.74) is 13.3. The molecule has 1 fully saturated rings. The lowest BCUT2D eigenvalue weighted by atomic mass is 9.99. The first kappa shape index (κ1) is 14.2. The lowest BCUT2D eigenvalue weighted by Crippen LogP contribution is -2.51. The lowest BCUT2D eigenvalue weighted by molar-refractivity contribution is 0.195. The third-order valence-corrected chi connectivity index (χ3v) is 3.93. The number of nitrogen functional groups attached to an aromatic ring is 1. The molecule has 1 aliphatic rings. The maximum atomic E-state index is 6.42. The summed E-state index contributed by atoms with van der Waals surface area (Å²) >= 11 is 0. The molecule has 0 aliphatic carbocycles. The van der Waals surface area contributed by atoms with Crippen LogP contribution in [-0.4, -0.2) is 60.6 Å². The number of rotatable bonds is 3. The van der Waals surface area contributed by atoms with Gasteiger partial charge in [0.2, 0.25) is 0 Å². The zero-order chi connectivity index (χ0) is 13.8. The molecule has 0 aromatic carbocycles. The fourth-order valence-electron chi connectivity index (χ4n) is 2.80. The van der Waals surface area contributed by atoms with Crippen LogP contribution in [0, 0.1) is 0 Å². The van der Waals surface area contributed by atoms with Gasteiger partial charge < -0.3 is 21.3 Å². The molecule has 5 nitrogen and oxygen atoms in total. The molecule has 0 radical (unpaired) electrons. The van der Waals surface area contributed by atoms with Gasteiger partial charge in [0.15, 0.2) is 0 Å². The minimum Gasteiger partial charge on any atom is -0.384 e. The summed E-state index contributed by atoms with van der Waals surface area (Å²) in [6.45, 7) is 3.29. The van der Waals surface area contributed by atoms with E-state index in [1.165, 1.54) is 12.0 Å². The molecule has 1 aromatic rings. The van der Waals surface area contributed by atoms with Crippen LogP contribution in [0.3, 0.4) is 0 Å². The van der Waals surface area contributed by atoms with Crippen molar-refractivity contribution in [3.05, 3.63) is 23.9 Å². The average molecular weight is 263 g/mol. The first-order valence-corrected chi connectivity index (χ1v) is 6.91. The second kappa shape index (κ2) is 6.32. The van der Waals surface area contributed by atoms with E-state index in [-0.39, 0.29) is 6.04 Å². The first-order valence-electron chi connectivity index (χ1n) is 6.91. The third kappa shape index (κ3) is 3.89. The molecule has 0 saturated carbocycles. The van der Waals surface area contributed by atoms with Gasteiger partial charge in [-0.2, -0.15) is 0 Å². The van der Waals surface area contributed by atoms with E-state index in [2.05, 4.69) is 28.9 Å². The minimum atomic E-state index is 0.118. The van der Waals surface area contributed by atoms with Gasteiger partial charge in [0.1, 0.15) is 5.82 Å². The van der Waals surface area contributed by atoms with Gasteiger partial charge >= 0.3 is 0 Å². The predicted octanol–water partition coefficient (Wildman–Crippen LogP) is 0.170. The number of nitrogens with two attached hydrogens (primary N) is 2. The van der Waals surface area contributed by atoms with E-state index in [1.54, 1.807) is 6.20 Å². The quantitative estimate of drug-likeness (QED) is 0.813. The van der Waals surface area contributed by atoms with Crippen molar-refractivity contribution in [3.8, 4) is 0 Å². The van der Waals surface area contributed by atoms with E-state index in [0.29, 0.717) is 11.9 Å². The van der Waals surface area contributed by atoms with Gasteiger partial charge in [0, 0.05) is 24.8 Å². The molecule has 1 aliphatic heterocycles. The van der Waals surface area contributed by atoms with Gasteiger partial charge in [-0.1, -0.05) is 0 Å². The van der Waals surface area contributed by atoms with Gasteiger partial charge in [-0.25, -0.2) is 4.98 Å². The normalized spacial score (nSPS) is 24.1. The number of likely N-dealkylation sites (N-methyl/N-ethyl adjacent to an activating group) is 2. The summed E-state index contributed by atoms with van der Waals surface area (Å²) in [4.78, 5) is 8.78. The summed E-state index contributed by atoms with van der Waals surface area (Å²) in [6, 6.07) is 4.42. The van der Waals surface area contributed by atoms with E-state index < -0.39 is 0 Å². The summed E-state index contributed by atoms with van der Waals surface area (Å²) in [7, 11) is 4.34. The van der Waals surface area contributed by atoms with E-state index in [0.717, 1.165) is 26.1 Å². The van der Waals surface area contributed by atoms with E-state index in [9.17, 15) is 0 Å². The molecule has 2 unspecified atom stereocenters. The molecule has 1 aromatic heterocycles. The number of hydrogen-bond donors (Lipinski definition) is 2. The predicted molar refractivity (Wildman–Crippen MR) is 78.9 cm³/mol. The van der Waals surface area contributed by atoms with Crippen molar-refractivity contribution in [2.24, 2.45) is 5.73 Å². The Morgan fingerprint density at radius 1 is 1.42 bits per heavy atom. The molecule has 0 spiro atoms. The molecule has 5 heteroatoms. The molecular formula is C14H25N5. The number of pyridine rings is 1. The lowest BCUT2D eigenvalue weighted by Gasteiger charge is -2.32. The van der Waals surface area contributed by atoms with Gasteiger partial charge in [0.05, 0.1) is 0 Å². The van der Waals surface area contributed by atoms with Crippen LogP contribution in [0.25, 0.3) is 0 Å². The highest BCUT2D eigenvalue weighted by molar-refractivity contribution is 5.32. The maximum Gasteiger partial charge on any atom is 0.123 e. The highest BCUT2D eigenvalue weighted by atomic mass is 15.2. The van der Waals surface area contributed by atoms with Crippen molar-refractivity contribution in [2.75, 3.05) is 39.5 Å². The van der Waals surface area contributed by atoms with E-state index >= 15 is 0 Å². The minimum absolute atomic E-state index is 0.118. The van der Waals surface area contributed by atoms with Gasteiger partial charge in [-0.05, 0) is 57.7 Å². The van der Waals surface area contributed by atoms with Gasteiger partial charge in [-0.3, -0.25) is 0 Å². The van der Waals surface area contributed by atoms with Crippen LogP contribution in [0.15, 0.2) is 18.3 Å². The molecule has 0 amide bonds. The van der Waals surface area contributed by atoms with Crippen molar-refractivity contribution >= 4 is 5.82 Å². The molecule has 2 atom stereocenters. The van der Waals surface area contributed by atoms with Gasteiger partial charge in [-0.15, -0.1) is 0 Å². The number of anilines is 1. The fourth-order valence-corrected chi connectivity index (χ4v) is 2.80. The Labute approximate surface area is 115 Å². The van der Waals surface area contributed by atoms with Crippen LogP contribution in [-0.2, 0) is 6.42 Å². The molecule has 0 bridgehead atoms. The highest BCUT2D eigenvalue weighted by Crippen LogP contribution is 2.13. The van der Waals surface area contributed by atoms with Crippen LogP contribution in [0.4, 0.5) is 5.82 Å². The smallest absolute Gasteiger partial charge is 0.123 e. The fraction of sp³-hybridized carbons (Fsp3) is 0.643. The largest absolute Gasteiger partial charge is 0.384 e. The Hall–Kier alpha value is -1.17. The zero-order valence-electron chi connectivity index (χ0n) is 11.9. The molecule has 1 saturated heterocycles. The maximum absolute atomic E-state index is 6.42.